The number of methoxy groups -OCH3 is 1. The first-order valence-corrected chi connectivity index (χ1v) is 10.8. The smallest absolute Gasteiger partial charge is 0.309 e. The van der Waals surface area contributed by atoms with Crippen molar-refractivity contribution in [3.63, 3.8) is 0 Å². The summed E-state index contributed by atoms with van der Waals surface area (Å²) in [7, 11) is 1.34. The third kappa shape index (κ3) is 4.84. The molecule has 0 bridgehead atoms. The fourth-order valence-corrected chi connectivity index (χ4v) is 3.82. The number of hydrogen-bond acceptors (Lipinski definition) is 5. The van der Waals surface area contributed by atoms with Crippen molar-refractivity contribution in [2.45, 2.75) is 25.8 Å². The van der Waals surface area contributed by atoms with Gasteiger partial charge in [-0.25, -0.2) is 9.38 Å². The van der Waals surface area contributed by atoms with Crippen LogP contribution in [-0.2, 0) is 21.5 Å². The van der Waals surface area contributed by atoms with Crippen LogP contribution in [0.5, 0.6) is 5.88 Å². The number of carbonyl (C=O) groups excluding carboxylic acids is 1. The Kier molecular flexibility index (Phi) is 6.22. The summed E-state index contributed by atoms with van der Waals surface area (Å²) in [6, 6.07) is 19.1. The normalized spacial score (nSPS) is 12.2. The summed E-state index contributed by atoms with van der Waals surface area (Å²) in [6.07, 6.45) is 0.100. The van der Waals surface area contributed by atoms with Gasteiger partial charge < -0.3 is 20.6 Å². The lowest BCUT2D eigenvalue weighted by Crippen LogP contribution is -2.28. The summed E-state index contributed by atoms with van der Waals surface area (Å²) in [4.78, 5) is 19.5. The molecule has 0 radical (unpaired) electrons. The van der Waals surface area contributed by atoms with Gasteiger partial charge in [0.1, 0.15) is 5.82 Å². The lowest BCUT2D eigenvalue weighted by molar-refractivity contribution is -0.139. The van der Waals surface area contributed by atoms with Crippen molar-refractivity contribution in [3.8, 4) is 5.88 Å². The average Bonchev–Trinajstić information content (AvgIpc) is 3.11. The molecule has 174 valence electrons. The number of aliphatic imine (C=N–C) groups is 1. The van der Waals surface area contributed by atoms with E-state index in [1.54, 1.807) is 6.07 Å². The molecule has 4 rings (SSSR count). The molecule has 1 heterocycles. The zero-order chi connectivity index (χ0) is 24.5. The number of aromatic nitrogens is 1. The second-order valence-electron chi connectivity index (χ2n) is 8.72. The lowest BCUT2D eigenvalue weighted by Gasteiger charge is -2.19. The van der Waals surface area contributed by atoms with Crippen LogP contribution in [0.1, 0.15) is 36.1 Å². The highest BCUT2D eigenvalue weighted by atomic mass is 19.1. The van der Waals surface area contributed by atoms with Crippen LogP contribution in [0, 0.1) is 5.82 Å². The molecular weight excluding hydrogens is 433 g/mol. The van der Waals surface area contributed by atoms with Gasteiger partial charge in [0, 0.05) is 16.5 Å². The Hall–Kier alpha value is -3.97. The number of rotatable bonds is 6. The minimum absolute atomic E-state index is 0.100. The maximum absolute atomic E-state index is 13.8. The van der Waals surface area contributed by atoms with Crippen molar-refractivity contribution in [3.05, 3.63) is 94.8 Å². The third-order valence-electron chi connectivity index (χ3n) is 5.61. The van der Waals surface area contributed by atoms with Gasteiger partial charge in [0.2, 0.25) is 0 Å². The van der Waals surface area contributed by atoms with Crippen LogP contribution in [0.4, 0.5) is 10.1 Å². The van der Waals surface area contributed by atoms with Gasteiger partial charge in [-0.1, -0.05) is 30.3 Å². The first-order valence-electron chi connectivity index (χ1n) is 10.8. The Labute approximate surface area is 196 Å². The minimum Gasteiger partial charge on any atom is -0.494 e. The highest BCUT2D eigenvalue weighted by Crippen LogP contribution is 2.32. The number of aromatic amines is 1. The first kappa shape index (κ1) is 23.2. The van der Waals surface area contributed by atoms with Crippen molar-refractivity contribution >= 4 is 28.3 Å². The number of H-pyrrole nitrogens is 1. The van der Waals surface area contributed by atoms with Crippen molar-refractivity contribution in [1.82, 2.24) is 4.98 Å². The van der Waals surface area contributed by atoms with Gasteiger partial charge in [0.25, 0.3) is 0 Å². The van der Waals surface area contributed by atoms with Gasteiger partial charge in [-0.3, -0.25) is 4.79 Å². The van der Waals surface area contributed by atoms with E-state index in [9.17, 15) is 14.3 Å². The summed E-state index contributed by atoms with van der Waals surface area (Å²) < 4.78 is 18.6. The number of carbonyl (C=O) groups is 1. The van der Waals surface area contributed by atoms with Crippen molar-refractivity contribution < 1.29 is 19.0 Å². The summed E-state index contributed by atoms with van der Waals surface area (Å²) in [5.41, 5.74) is 10.1. The predicted octanol–water partition coefficient (Wildman–Crippen LogP) is 5.09. The number of nitrogens with zero attached hydrogens (tertiary/aromatic N) is 1. The Balaban J connectivity index is 1.90. The third-order valence-corrected chi connectivity index (χ3v) is 5.61. The molecule has 0 aliphatic heterocycles. The van der Waals surface area contributed by atoms with Crippen molar-refractivity contribution in [2.24, 2.45) is 10.7 Å². The summed E-state index contributed by atoms with van der Waals surface area (Å²) >= 11 is 0. The first-order chi connectivity index (χ1) is 16.2. The van der Waals surface area contributed by atoms with Crippen LogP contribution in [0.3, 0.4) is 0 Å². The van der Waals surface area contributed by atoms with Gasteiger partial charge in [0.05, 0.1) is 36.0 Å². The predicted molar refractivity (Wildman–Crippen MR) is 131 cm³/mol. The Bertz CT molecular complexity index is 1380. The highest BCUT2D eigenvalue weighted by Gasteiger charge is 2.20. The van der Waals surface area contributed by atoms with Crippen molar-refractivity contribution in [2.75, 3.05) is 7.11 Å². The maximum Gasteiger partial charge on any atom is 0.309 e. The second kappa shape index (κ2) is 9.11. The fraction of sp³-hybridized carbons (Fsp3) is 0.185. The topological polar surface area (TPSA) is 101 Å². The number of benzene rings is 3. The zero-order valence-corrected chi connectivity index (χ0v) is 19.2. The second-order valence-corrected chi connectivity index (χ2v) is 8.72. The number of ether oxygens (including phenoxy) is 1. The van der Waals surface area contributed by atoms with Crippen LogP contribution in [-0.4, -0.2) is 28.9 Å². The number of esters is 1. The fourth-order valence-electron chi connectivity index (χ4n) is 3.82. The molecule has 6 nitrogen and oxygen atoms in total. The Morgan fingerprint density at radius 2 is 1.85 bits per heavy atom. The van der Waals surface area contributed by atoms with Gasteiger partial charge in [-0.2, -0.15) is 0 Å². The lowest BCUT2D eigenvalue weighted by atomic mass is 9.95. The molecule has 4 aromatic rings. The zero-order valence-electron chi connectivity index (χ0n) is 19.2. The Morgan fingerprint density at radius 1 is 1.12 bits per heavy atom. The molecule has 0 aliphatic carbocycles. The quantitative estimate of drug-likeness (QED) is 0.276. The molecule has 0 fully saturated rings. The largest absolute Gasteiger partial charge is 0.494 e. The molecule has 0 atom stereocenters. The molecule has 0 aliphatic rings. The molecular formula is C27H26FN3O3. The van der Waals surface area contributed by atoms with E-state index in [2.05, 4.69) is 4.98 Å². The standard InChI is InChI=1S/C27H26FN3O3/c1-27(2,29)18-7-10-20(11-8-18)30-25(17-6-4-5-16(13-17)14-23(32)34-3)24-21-12-9-19(28)15-22(21)31-26(24)33/h4-13,15,31,33H,14,29H2,1-3H3. The number of aromatic hydroxyl groups is 1. The number of nitrogens with one attached hydrogen (secondary N) is 1. The van der Waals surface area contributed by atoms with E-state index in [-0.39, 0.29) is 18.3 Å². The maximum atomic E-state index is 13.8. The van der Waals surface area contributed by atoms with Crippen LogP contribution >= 0.6 is 0 Å². The number of halogens is 1. The SMILES string of the molecule is COC(=O)Cc1cccc(C(=Nc2ccc(C(C)(C)N)cc2)c2c(O)[nH]c3cc(F)ccc23)c1. The molecule has 0 spiro atoms. The van der Waals surface area contributed by atoms with E-state index >= 15 is 0 Å². The van der Waals surface area contributed by atoms with Crippen LogP contribution in [0.25, 0.3) is 10.9 Å². The molecule has 0 saturated heterocycles. The van der Waals surface area contributed by atoms with Gasteiger partial charge in [-0.15, -0.1) is 0 Å². The molecule has 34 heavy (non-hydrogen) atoms. The van der Waals surface area contributed by atoms with Crippen LogP contribution in [0.2, 0.25) is 0 Å². The van der Waals surface area contributed by atoms with Crippen molar-refractivity contribution in [1.29, 1.82) is 0 Å². The monoisotopic (exact) mass is 459 g/mol. The van der Waals surface area contributed by atoms with E-state index in [4.69, 9.17) is 15.5 Å². The van der Waals surface area contributed by atoms with Gasteiger partial charge >= 0.3 is 5.97 Å². The number of fused-ring (bicyclic) bond motifs is 1. The molecule has 0 unspecified atom stereocenters. The van der Waals surface area contributed by atoms with Crippen LogP contribution in [0.15, 0.2) is 71.7 Å². The summed E-state index contributed by atoms with van der Waals surface area (Å²) in [5, 5.41) is 11.4. The summed E-state index contributed by atoms with van der Waals surface area (Å²) in [6.45, 7) is 3.85. The Morgan fingerprint density at radius 3 is 2.53 bits per heavy atom. The minimum atomic E-state index is -0.494. The van der Waals surface area contributed by atoms with E-state index in [1.807, 2.05) is 62.4 Å². The summed E-state index contributed by atoms with van der Waals surface area (Å²) in [5.74, 6) is -0.905. The average molecular weight is 460 g/mol. The number of nitrogens with two attached hydrogens (primary N) is 1. The van der Waals surface area contributed by atoms with Crippen LogP contribution < -0.4 is 5.73 Å². The molecule has 1 aromatic heterocycles. The van der Waals surface area contributed by atoms with E-state index < -0.39 is 11.4 Å². The van der Waals surface area contributed by atoms with Gasteiger partial charge in [-0.05, 0) is 61.4 Å². The molecule has 0 amide bonds. The highest BCUT2D eigenvalue weighted by molar-refractivity contribution is 6.22. The molecule has 4 N–H and O–H groups in total. The van der Waals surface area contributed by atoms with E-state index in [0.29, 0.717) is 33.4 Å². The van der Waals surface area contributed by atoms with Gasteiger partial charge in [0.15, 0.2) is 5.88 Å². The van der Waals surface area contributed by atoms with E-state index in [0.717, 1.165) is 11.1 Å². The van der Waals surface area contributed by atoms with E-state index in [1.165, 1.54) is 19.2 Å². The molecule has 7 heteroatoms. The molecule has 3 aromatic carbocycles. The number of hydrogen-bond donors (Lipinski definition) is 3. The molecule has 0 saturated carbocycles.